The summed E-state index contributed by atoms with van der Waals surface area (Å²) < 4.78 is 1.80. The Hall–Kier alpha value is -1.85. The average Bonchev–Trinajstić information content (AvgIpc) is 2.69. The SMILES string of the molecule is CC(C(=O)O)C(C)C(=O)NCc1nccn1C. The molecule has 6 nitrogen and oxygen atoms in total. The van der Waals surface area contributed by atoms with Crippen LogP contribution in [0.2, 0.25) is 0 Å². The van der Waals surface area contributed by atoms with Gasteiger partial charge in [0.2, 0.25) is 5.91 Å². The van der Waals surface area contributed by atoms with Gasteiger partial charge in [0, 0.05) is 25.4 Å². The molecule has 2 atom stereocenters. The summed E-state index contributed by atoms with van der Waals surface area (Å²) in [6.45, 7) is 3.43. The predicted octanol–water partition coefficient (Wildman–Crippen LogP) is 0.393. The van der Waals surface area contributed by atoms with E-state index in [1.165, 1.54) is 6.92 Å². The zero-order valence-electron chi connectivity index (χ0n) is 10.2. The minimum atomic E-state index is -0.968. The molecular weight excluding hydrogens is 222 g/mol. The van der Waals surface area contributed by atoms with E-state index >= 15 is 0 Å². The first-order valence-corrected chi connectivity index (χ1v) is 5.40. The third-order valence-corrected chi connectivity index (χ3v) is 2.89. The van der Waals surface area contributed by atoms with Crippen molar-refractivity contribution in [2.75, 3.05) is 0 Å². The van der Waals surface area contributed by atoms with E-state index in [1.54, 1.807) is 23.9 Å². The van der Waals surface area contributed by atoms with Crippen molar-refractivity contribution >= 4 is 11.9 Å². The first-order chi connectivity index (χ1) is 7.93. The largest absolute Gasteiger partial charge is 0.481 e. The van der Waals surface area contributed by atoms with Gasteiger partial charge in [0.25, 0.3) is 0 Å². The smallest absolute Gasteiger partial charge is 0.307 e. The van der Waals surface area contributed by atoms with Crippen molar-refractivity contribution in [2.45, 2.75) is 20.4 Å². The Morgan fingerprint density at radius 2 is 2.12 bits per heavy atom. The molecule has 0 spiro atoms. The van der Waals surface area contributed by atoms with Crippen LogP contribution in [0.1, 0.15) is 19.7 Å². The first kappa shape index (κ1) is 13.2. The molecular formula is C11H17N3O3. The lowest BCUT2D eigenvalue weighted by molar-refractivity contribution is -0.146. The van der Waals surface area contributed by atoms with Crippen LogP contribution >= 0.6 is 0 Å². The number of rotatable bonds is 5. The van der Waals surface area contributed by atoms with Gasteiger partial charge in [-0.15, -0.1) is 0 Å². The number of nitrogens with one attached hydrogen (secondary N) is 1. The van der Waals surface area contributed by atoms with Crippen molar-refractivity contribution < 1.29 is 14.7 Å². The van der Waals surface area contributed by atoms with Gasteiger partial charge in [-0.1, -0.05) is 13.8 Å². The fourth-order valence-electron chi connectivity index (χ4n) is 1.33. The Kier molecular flexibility index (Phi) is 4.25. The molecule has 0 bridgehead atoms. The minimum absolute atomic E-state index is 0.275. The molecule has 94 valence electrons. The van der Waals surface area contributed by atoms with Gasteiger partial charge in [-0.25, -0.2) is 4.98 Å². The summed E-state index contributed by atoms with van der Waals surface area (Å²) in [6, 6.07) is 0. The fraction of sp³-hybridized carbons (Fsp3) is 0.545. The summed E-state index contributed by atoms with van der Waals surface area (Å²) in [6.07, 6.45) is 3.43. The molecule has 0 aliphatic heterocycles. The Morgan fingerprint density at radius 1 is 1.47 bits per heavy atom. The minimum Gasteiger partial charge on any atom is -0.481 e. The van der Waals surface area contributed by atoms with Crippen molar-refractivity contribution in [3.63, 3.8) is 0 Å². The molecule has 1 aromatic rings. The van der Waals surface area contributed by atoms with Gasteiger partial charge in [-0.3, -0.25) is 9.59 Å². The maximum absolute atomic E-state index is 11.7. The van der Waals surface area contributed by atoms with E-state index in [2.05, 4.69) is 10.3 Å². The summed E-state index contributed by atoms with van der Waals surface area (Å²) in [5.74, 6) is -1.77. The van der Waals surface area contributed by atoms with Gasteiger partial charge in [-0.05, 0) is 0 Å². The van der Waals surface area contributed by atoms with Gasteiger partial charge < -0.3 is 15.0 Å². The number of nitrogens with zero attached hydrogens (tertiary/aromatic N) is 2. The number of aromatic nitrogens is 2. The molecule has 2 unspecified atom stereocenters. The van der Waals surface area contributed by atoms with Crippen LogP contribution < -0.4 is 5.32 Å². The Balaban J connectivity index is 2.50. The van der Waals surface area contributed by atoms with Gasteiger partial charge in [0.15, 0.2) is 0 Å². The molecule has 6 heteroatoms. The number of amides is 1. The van der Waals surface area contributed by atoms with Crippen LogP contribution in [0.25, 0.3) is 0 Å². The number of aryl methyl sites for hydroxylation is 1. The summed E-state index contributed by atoms with van der Waals surface area (Å²) in [5, 5.41) is 11.5. The van der Waals surface area contributed by atoms with Gasteiger partial charge >= 0.3 is 5.97 Å². The standard InChI is InChI=1S/C11H17N3O3/c1-7(8(2)11(16)17)10(15)13-6-9-12-4-5-14(9)3/h4-5,7-8H,6H2,1-3H3,(H,13,15)(H,16,17). The quantitative estimate of drug-likeness (QED) is 0.778. The number of carbonyl (C=O) groups is 2. The maximum Gasteiger partial charge on any atom is 0.307 e. The van der Waals surface area contributed by atoms with Crippen molar-refractivity contribution in [2.24, 2.45) is 18.9 Å². The lowest BCUT2D eigenvalue weighted by atomic mass is 9.95. The summed E-state index contributed by atoms with van der Waals surface area (Å²) in [5.41, 5.74) is 0. The maximum atomic E-state index is 11.7. The highest BCUT2D eigenvalue weighted by molar-refractivity contribution is 5.84. The third kappa shape index (κ3) is 3.30. The lowest BCUT2D eigenvalue weighted by Gasteiger charge is -2.15. The number of hydrogen-bond acceptors (Lipinski definition) is 3. The third-order valence-electron chi connectivity index (χ3n) is 2.89. The number of carboxylic acids is 1. The van der Waals surface area contributed by atoms with E-state index in [9.17, 15) is 9.59 Å². The number of imidazole rings is 1. The van der Waals surface area contributed by atoms with Crippen molar-refractivity contribution in [1.82, 2.24) is 14.9 Å². The molecule has 0 saturated carbocycles. The number of carboxylic acid groups (broad SMARTS) is 1. The Labute approximate surface area is 99.7 Å². The van der Waals surface area contributed by atoms with E-state index < -0.39 is 17.8 Å². The van der Waals surface area contributed by atoms with Crippen LogP contribution in [0.3, 0.4) is 0 Å². The van der Waals surface area contributed by atoms with E-state index in [4.69, 9.17) is 5.11 Å². The first-order valence-electron chi connectivity index (χ1n) is 5.40. The summed E-state index contributed by atoms with van der Waals surface area (Å²) >= 11 is 0. The van der Waals surface area contributed by atoms with Crippen molar-refractivity contribution in [1.29, 1.82) is 0 Å². The zero-order valence-corrected chi connectivity index (χ0v) is 10.2. The van der Waals surface area contributed by atoms with Crippen LogP contribution in [-0.4, -0.2) is 26.5 Å². The molecule has 0 fully saturated rings. The molecule has 0 aliphatic carbocycles. The van der Waals surface area contributed by atoms with Crippen LogP contribution in [0.4, 0.5) is 0 Å². The van der Waals surface area contributed by atoms with E-state index in [1.807, 2.05) is 7.05 Å². The molecule has 0 radical (unpaired) electrons. The zero-order chi connectivity index (χ0) is 13.0. The average molecular weight is 239 g/mol. The second kappa shape index (κ2) is 5.47. The summed E-state index contributed by atoms with van der Waals surface area (Å²) in [7, 11) is 1.83. The van der Waals surface area contributed by atoms with Crippen LogP contribution in [0, 0.1) is 11.8 Å². The second-order valence-electron chi connectivity index (χ2n) is 4.09. The predicted molar refractivity (Wildman–Crippen MR) is 61.0 cm³/mol. The number of carbonyl (C=O) groups excluding carboxylic acids is 1. The topological polar surface area (TPSA) is 84.2 Å². The van der Waals surface area contributed by atoms with Crippen molar-refractivity contribution in [3.05, 3.63) is 18.2 Å². The van der Waals surface area contributed by atoms with Crippen LogP contribution in [-0.2, 0) is 23.2 Å². The number of hydrogen-bond donors (Lipinski definition) is 2. The van der Waals surface area contributed by atoms with Gasteiger partial charge in [0.05, 0.1) is 12.5 Å². The normalized spacial score (nSPS) is 14.1. The monoisotopic (exact) mass is 239 g/mol. The van der Waals surface area contributed by atoms with E-state index in [0.29, 0.717) is 6.54 Å². The highest BCUT2D eigenvalue weighted by Crippen LogP contribution is 2.11. The summed E-state index contributed by atoms with van der Waals surface area (Å²) in [4.78, 5) is 26.5. The van der Waals surface area contributed by atoms with Gasteiger partial charge in [-0.2, -0.15) is 0 Å². The Morgan fingerprint density at radius 3 is 2.59 bits per heavy atom. The molecule has 0 aliphatic rings. The molecule has 1 aromatic heterocycles. The van der Waals surface area contributed by atoms with E-state index in [-0.39, 0.29) is 5.91 Å². The fourth-order valence-corrected chi connectivity index (χ4v) is 1.33. The molecule has 1 heterocycles. The Bertz CT molecular complexity index is 414. The molecule has 1 rings (SSSR count). The van der Waals surface area contributed by atoms with Crippen LogP contribution in [0.5, 0.6) is 0 Å². The van der Waals surface area contributed by atoms with Gasteiger partial charge in [0.1, 0.15) is 5.82 Å². The van der Waals surface area contributed by atoms with E-state index in [0.717, 1.165) is 5.82 Å². The van der Waals surface area contributed by atoms with Crippen LogP contribution in [0.15, 0.2) is 12.4 Å². The van der Waals surface area contributed by atoms with Crippen molar-refractivity contribution in [3.8, 4) is 0 Å². The lowest BCUT2D eigenvalue weighted by Crippen LogP contribution is -2.35. The molecule has 0 saturated heterocycles. The second-order valence-corrected chi connectivity index (χ2v) is 4.09. The number of aliphatic carboxylic acids is 1. The molecule has 0 aromatic carbocycles. The molecule has 17 heavy (non-hydrogen) atoms. The molecule has 2 N–H and O–H groups in total. The highest BCUT2D eigenvalue weighted by Gasteiger charge is 2.25. The highest BCUT2D eigenvalue weighted by atomic mass is 16.4. The molecule has 1 amide bonds.